The monoisotopic (exact) mass is 500 g/mol. The minimum absolute atomic E-state index is 0.0997. The van der Waals surface area contributed by atoms with Gasteiger partial charge in [0.25, 0.3) is 0 Å². The number of halogens is 3. The fourth-order valence-corrected chi connectivity index (χ4v) is 4.50. The van der Waals surface area contributed by atoms with Gasteiger partial charge in [-0.15, -0.1) is 11.8 Å². The van der Waals surface area contributed by atoms with Crippen LogP contribution in [0.4, 0.5) is 24.8 Å². The number of thioether (sulfide) groups is 1. The molecule has 0 aliphatic carbocycles. The van der Waals surface area contributed by atoms with Gasteiger partial charge in [0.15, 0.2) is 5.92 Å². The molecule has 1 fully saturated rings. The number of amides is 3. The second-order valence-electron chi connectivity index (χ2n) is 8.57. The first-order valence-electron chi connectivity index (χ1n) is 10.5. The van der Waals surface area contributed by atoms with Gasteiger partial charge in [-0.25, -0.2) is 4.98 Å². The summed E-state index contributed by atoms with van der Waals surface area (Å²) in [5.74, 6) is -2.38. The summed E-state index contributed by atoms with van der Waals surface area (Å²) < 4.78 is 37.3. The second-order valence-corrected chi connectivity index (χ2v) is 9.90. The highest BCUT2D eigenvalue weighted by atomic mass is 32.2. The van der Waals surface area contributed by atoms with Crippen molar-refractivity contribution >= 4 is 41.1 Å². The van der Waals surface area contributed by atoms with Crippen LogP contribution in [0.5, 0.6) is 0 Å². The summed E-state index contributed by atoms with van der Waals surface area (Å²) in [6.07, 6.45) is -4.61. The number of anilines is 2. The molecule has 0 spiro atoms. The molecule has 3 amide bonds. The van der Waals surface area contributed by atoms with Crippen LogP contribution in [0.25, 0.3) is 0 Å². The fourth-order valence-electron chi connectivity index (χ4n) is 2.99. The summed E-state index contributed by atoms with van der Waals surface area (Å²) in [6, 6.07) is 6.67. The Hall–Kier alpha value is -3.01. The molecule has 13 heteroatoms. The molecule has 1 saturated heterocycles. The molecule has 1 aromatic heterocycles. The number of carbonyl (C=O) groups is 3. The highest BCUT2D eigenvalue weighted by molar-refractivity contribution is 8.01. The van der Waals surface area contributed by atoms with Crippen molar-refractivity contribution in [3.63, 3.8) is 0 Å². The summed E-state index contributed by atoms with van der Waals surface area (Å²) >= 11 is 1.04. The summed E-state index contributed by atoms with van der Waals surface area (Å²) in [6.45, 7) is 5.68. The Balaban J connectivity index is 2.06. The van der Waals surface area contributed by atoms with Crippen LogP contribution in [0.2, 0.25) is 0 Å². The molecule has 186 valence electrons. The number of hydrogen-bond donors (Lipinski definition) is 3. The van der Waals surface area contributed by atoms with Gasteiger partial charge >= 0.3 is 6.18 Å². The average molecular weight is 501 g/mol. The molecular formula is C21H27F3N6O3S. The SMILES string of the molecule is CCN1C(=O)C(CNc2cccc(NC(=O)C(C)(C)C)n2)SC1C(C#N)C(=O)NCC(F)(F)F. The molecule has 0 radical (unpaired) electrons. The van der Waals surface area contributed by atoms with Crippen LogP contribution in [0.3, 0.4) is 0 Å². The number of alkyl halides is 3. The lowest BCUT2D eigenvalue weighted by atomic mass is 9.96. The van der Waals surface area contributed by atoms with Gasteiger partial charge in [0.05, 0.1) is 6.07 Å². The molecule has 9 nitrogen and oxygen atoms in total. The van der Waals surface area contributed by atoms with Crippen molar-refractivity contribution in [3.05, 3.63) is 18.2 Å². The molecule has 3 N–H and O–H groups in total. The maximum atomic E-state index is 12.8. The molecular weight excluding hydrogens is 473 g/mol. The van der Waals surface area contributed by atoms with Gasteiger partial charge in [0.2, 0.25) is 17.7 Å². The predicted octanol–water partition coefficient (Wildman–Crippen LogP) is 2.59. The average Bonchev–Trinajstić information content (AvgIpc) is 3.05. The first-order valence-corrected chi connectivity index (χ1v) is 11.4. The molecule has 2 heterocycles. The Morgan fingerprint density at radius 3 is 2.47 bits per heavy atom. The van der Waals surface area contributed by atoms with Crippen LogP contribution < -0.4 is 16.0 Å². The van der Waals surface area contributed by atoms with Gasteiger partial charge in [0.1, 0.15) is 28.8 Å². The van der Waals surface area contributed by atoms with Crippen molar-refractivity contribution in [2.45, 2.75) is 44.5 Å². The quantitative estimate of drug-likeness (QED) is 0.501. The Labute approximate surface area is 199 Å². The Morgan fingerprint density at radius 2 is 1.91 bits per heavy atom. The van der Waals surface area contributed by atoms with E-state index in [0.29, 0.717) is 11.6 Å². The van der Waals surface area contributed by atoms with Gasteiger partial charge in [-0.05, 0) is 19.1 Å². The van der Waals surface area contributed by atoms with E-state index >= 15 is 0 Å². The molecule has 3 unspecified atom stereocenters. The van der Waals surface area contributed by atoms with Gasteiger partial charge in [0, 0.05) is 18.5 Å². The van der Waals surface area contributed by atoms with Crippen LogP contribution in [0.15, 0.2) is 18.2 Å². The number of pyridine rings is 1. The molecule has 34 heavy (non-hydrogen) atoms. The van der Waals surface area contributed by atoms with E-state index in [1.807, 2.05) is 0 Å². The van der Waals surface area contributed by atoms with E-state index < -0.39 is 40.6 Å². The molecule has 3 atom stereocenters. The lowest BCUT2D eigenvalue weighted by molar-refractivity contribution is -0.141. The Bertz CT molecular complexity index is 960. The molecule has 1 aromatic rings. The van der Waals surface area contributed by atoms with E-state index in [1.165, 1.54) is 4.90 Å². The second kappa shape index (κ2) is 10.9. The molecule has 0 bridgehead atoms. The zero-order valence-corrected chi connectivity index (χ0v) is 20.0. The van der Waals surface area contributed by atoms with Crippen LogP contribution in [0.1, 0.15) is 27.7 Å². The zero-order chi connectivity index (χ0) is 25.7. The Kier molecular flexibility index (Phi) is 8.77. The lowest BCUT2D eigenvalue weighted by Crippen LogP contribution is -2.45. The van der Waals surface area contributed by atoms with Gasteiger partial charge in [-0.2, -0.15) is 18.4 Å². The number of hydrogen-bond acceptors (Lipinski definition) is 7. The van der Waals surface area contributed by atoms with E-state index in [1.54, 1.807) is 57.3 Å². The van der Waals surface area contributed by atoms with Crippen molar-refractivity contribution in [1.82, 2.24) is 15.2 Å². The molecule has 1 aliphatic rings. The third-order valence-corrected chi connectivity index (χ3v) is 6.32. The zero-order valence-electron chi connectivity index (χ0n) is 19.2. The van der Waals surface area contributed by atoms with E-state index in [0.717, 1.165) is 11.8 Å². The topological polar surface area (TPSA) is 127 Å². The molecule has 2 rings (SSSR count). The van der Waals surface area contributed by atoms with Crippen LogP contribution in [0, 0.1) is 22.7 Å². The summed E-state index contributed by atoms with van der Waals surface area (Å²) in [5.41, 5.74) is -0.611. The van der Waals surface area contributed by atoms with Crippen molar-refractivity contribution in [3.8, 4) is 6.07 Å². The minimum Gasteiger partial charge on any atom is -0.368 e. The molecule has 0 saturated carbocycles. The van der Waals surface area contributed by atoms with E-state index in [-0.39, 0.29) is 24.9 Å². The number of nitrogens with zero attached hydrogens (tertiary/aromatic N) is 3. The summed E-state index contributed by atoms with van der Waals surface area (Å²) in [7, 11) is 0. The maximum Gasteiger partial charge on any atom is 0.405 e. The van der Waals surface area contributed by atoms with Crippen LogP contribution in [-0.4, -0.2) is 64.0 Å². The normalized spacial score (nSPS) is 19.4. The van der Waals surface area contributed by atoms with Gasteiger partial charge in [-0.3, -0.25) is 14.4 Å². The third-order valence-electron chi connectivity index (χ3n) is 4.82. The van der Waals surface area contributed by atoms with Crippen molar-refractivity contribution in [2.75, 3.05) is 30.3 Å². The first-order chi connectivity index (χ1) is 15.8. The van der Waals surface area contributed by atoms with Gasteiger partial charge in [-0.1, -0.05) is 26.8 Å². The van der Waals surface area contributed by atoms with Crippen molar-refractivity contribution in [1.29, 1.82) is 5.26 Å². The number of nitrogens with one attached hydrogen (secondary N) is 3. The van der Waals surface area contributed by atoms with E-state index in [9.17, 15) is 32.8 Å². The largest absolute Gasteiger partial charge is 0.405 e. The van der Waals surface area contributed by atoms with Crippen molar-refractivity contribution in [2.24, 2.45) is 11.3 Å². The summed E-state index contributed by atoms with van der Waals surface area (Å²) in [4.78, 5) is 42.8. The number of nitriles is 1. The standard InChI is InChI=1S/C21H27F3N6O3S/c1-5-30-17(32)13(34-18(30)12(9-25)16(31)27-11-21(22,23)24)10-26-14-7-6-8-15(28-14)29-19(33)20(2,3)4/h6-8,12-13,18H,5,10-11H2,1-4H3,(H,27,31)(H2,26,28,29,33). The third kappa shape index (κ3) is 7.24. The minimum atomic E-state index is -4.61. The molecule has 0 aromatic carbocycles. The smallest absolute Gasteiger partial charge is 0.368 e. The number of rotatable bonds is 8. The van der Waals surface area contributed by atoms with Gasteiger partial charge < -0.3 is 20.9 Å². The first kappa shape index (κ1) is 27.2. The predicted molar refractivity (Wildman–Crippen MR) is 122 cm³/mol. The highest BCUT2D eigenvalue weighted by Gasteiger charge is 2.46. The van der Waals surface area contributed by atoms with Crippen LogP contribution in [-0.2, 0) is 14.4 Å². The Morgan fingerprint density at radius 1 is 1.26 bits per heavy atom. The fraction of sp³-hybridized carbons (Fsp3) is 0.571. The number of carbonyl (C=O) groups excluding carboxylic acids is 3. The van der Waals surface area contributed by atoms with Crippen LogP contribution >= 0.6 is 11.8 Å². The number of aromatic nitrogens is 1. The summed E-state index contributed by atoms with van der Waals surface area (Å²) in [5, 5.41) is 15.3. The lowest BCUT2D eigenvalue weighted by Gasteiger charge is -2.25. The van der Waals surface area contributed by atoms with E-state index in [2.05, 4.69) is 15.6 Å². The maximum absolute atomic E-state index is 12.8. The van der Waals surface area contributed by atoms with E-state index in [4.69, 9.17) is 0 Å². The molecule has 1 aliphatic heterocycles. The van der Waals surface area contributed by atoms with Crippen molar-refractivity contribution < 1.29 is 27.6 Å². The highest BCUT2D eigenvalue weighted by Crippen LogP contribution is 2.36.